The lowest BCUT2D eigenvalue weighted by atomic mass is 9.94. The number of nitrogens with one attached hydrogen (secondary N) is 1. The number of hydrazine groups is 1. The van der Waals surface area contributed by atoms with E-state index in [9.17, 15) is 4.39 Å². The molecule has 100 valence electrons. The van der Waals surface area contributed by atoms with Gasteiger partial charge >= 0.3 is 0 Å². The largest absolute Gasteiger partial charge is 0.271 e. The Labute approximate surface area is 117 Å². The Hall–Kier alpha value is -1.42. The highest BCUT2D eigenvalue weighted by Gasteiger charge is 2.19. The molecule has 0 heterocycles. The first kappa shape index (κ1) is 14.0. The zero-order valence-corrected chi connectivity index (χ0v) is 11.6. The van der Waals surface area contributed by atoms with Crippen molar-refractivity contribution in [2.24, 2.45) is 5.84 Å². The minimum absolute atomic E-state index is 0.102. The van der Waals surface area contributed by atoms with Crippen LogP contribution in [-0.4, -0.2) is 0 Å². The van der Waals surface area contributed by atoms with E-state index < -0.39 is 5.82 Å². The zero-order chi connectivity index (χ0) is 14.0. The van der Waals surface area contributed by atoms with Gasteiger partial charge in [0.15, 0.2) is 0 Å². The fourth-order valence-electron chi connectivity index (χ4n) is 2.24. The van der Waals surface area contributed by atoms with Gasteiger partial charge in [0.2, 0.25) is 0 Å². The van der Waals surface area contributed by atoms with Crippen LogP contribution in [0.15, 0.2) is 36.4 Å². The van der Waals surface area contributed by atoms with Gasteiger partial charge in [-0.25, -0.2) is 9.82 Å². The van der Waals surface area contributed by atoms with Crippen LogP contribution in [0.1, 0.15) is 28.3 Å². The van der Waals surface area contributed by atoms with Gasteiger partial charge in [-0.2, -0.15) is 0 Å². The fourth-order valence-corrected chi connectivity index (χ4v) is 2.48. The van der Waals surface area contributed by atoms with E-state index in [1.165, 1.54) is 11.6 Å². The predicted octanol–water partition coefficient (Wildman–Crippen LogP) is 3.65. The molecule has 0 saturated heterocycles. The Morgan fingerprint density at radius 1 is 1.16 bits per heavy atom. The predicted molar refractivity (Wildman–Crippen MR) is 76.5 cm³/mol. The van der Waals surface area contributed by atoms with Gasteiger partial charge in [-0.05, 0) is 36.6 Å². The van der Waals surface area contributed by atoms with Crippen molar-refractivity contribution in [3.05, 3.63) is 69.5 Å². The maximum Gasteiger partial charge on any atom is 0.142 e. The molecule has 2 nitrogen and oxygen atoms in total. The van der Waals surface area contributed by atoms with E-state index in [0.29, 0.717) is 5.56 Å². The molecule has 0 spiro atoms. The summed E-state index contributed by atoms with van der Waals surface area (Å²) in [6.45, 7) is 4.02. The van der Waals surface area contributed by atoms with E-state index in [1.54, 1.807) is 12.1 Å². The monoisotopic (exact) mass is 278 g/mol. The Morgan fingerprint density at radius 2 is 1.89 bits per heavy atom. The highest BCUT2D eigenvalue weighted by Crippen LogP contribution is 2.31. The van der Waals surface area contributed by atoms with Gasteiger partial charge in [0.05, 0.1) is 11.1 Å². The molecular weight excluding hydrogens is 263 g/mol. The molecule has 0 saturated carbocycles. The SMILES string of the molecule is Cc1ccc(C(NN)c2cccc(F)c2Cl)c(C)c1. The molecule has 0 amide bonds. The highest BCUT2D eigenvalue weighted by molar-refractivity contribution is 6.31. The van der Waals surface area contributed by atoms with Gasteiger partial charge in [-0.3, -0.25) is 5.84 Å². The third-order valence-electron chi connectivity index (χ3n) is 3.20. The molecule has 0 aromatic heterocycles. The van der Waals surface area contributed by atoms with Gasteiger partial charge < -0.3 is 0 Å². The molecule has 4 heteroatoms. The minimum Gasteiger partial charge on any atom is -0.271 e. The number of aryl methyl sites for hydroxylation is 2. The van der Waals surface area contributed by atoms with Crippen molar-refractivity contribution in [3.63, 3.8) is 0 Å². The van der Waals surface area contributed by atoms with Crippen LogP contribution < -0.4 is 11.3 Å². The molecule has 19 heavy (non-hydrogen) atoms. The second-order valence-corrected chi connectivity index (χ2v) is 4.98. The number of benzene rings is 2. The topological polar surface area (TPSA) is 38.0 Å². The molecule has 2 aromatic rings. The molecular formula is C15H16ClFN2. The minimum atomic E-state index is -0.441. The van der Waals surface area contributed by atoms with Crippen molar-refractivity contribution < 1.29 is 4.39 Å². The standard InChI is InChI=1S/C15H16ClFN2/c1-9-6-7-11(10(2)8-9)15(19-18)12-4-3-5-13(17)14(12)16/h3-8,15,19H,18H2,1-2H3. The highest BCUT2D eigenvalue weighted by atomic mass is 35.5. The molecule has 2 aromatic carbocycles. The van der Waals surface area contributed by atoms with Gasteiger partial charge in [0.1, 0.15) is 5.82 Å². The normalized spacial score (nSPS) is 12.5. The van der Waals surface area contributed by atoms with E-state index >= 15 is 0 Å². The van der Waals surface area contributed by atoms with Gasteiger partial charge in [-0.15, -0.1) is 0 Å². The van der Waals surface area contributed by atoms with Crippen molar-refractivity contribution in [1.82, 2.24) is 5.43 Å². The van der Waals surface area contributed by atoms with Crippen LogP contribution in [0, 0.1) is 19.7 Å². The summed E-state index contributed by atoms with van der Waals surface area (Å²) in [5, 5.41) is 0.102. The Bertz CT molecular complexity index is 599. The van der Waals surface area contributed by atoms with E-state index in [4.69, 9.17) is 17.4 Å². The van der Waals surface area contributed by atoms with Crippen LogP contribution in [-0.2, 0) is 0 Å². The second kappa shape index (κ2) is 5.70. The van der Waals surface area contributed by atoms with Crippen LogP contribution in [0.3, 0.4) is 0 Å². The summed E-state index contributed by atoms with van der Waals surface area (Å²) < 4.78 is 13.6. The third-order valence-corrected chi connectivity index (χ3v) is 3.59. The van der Waals surface area contributed by atoms with Crippen molar-refractivity contribution in [2.45, 2.75) is 19.9 Å². The second-order valence-electron chi connectivity index (χ2n) is 4.60. The number of rotatable bonds is 3. The summed E-state index contributed by atoms with van der Waals surface area (Å²) in [7, 11) is 0. The Balaban J connectivity index is 2.53. The summed E-state index contributed by atoms with van der Waals surface area (Å²) in [5.41, 5.74) is 6.59. The number of halogens is 2. The quantitative estimate of drug-likeness (QED) is 0.664. The molecule has 0 fully saturated rings. The van der Waals surface area contributed by atoms with Crippen LogP contribution in [0.5, 0.6) is 0 Å². The maximum absolute atomic E-state index is 13.6. The number of hydrogen-bond acceptors (Lipinski definition) is 2. The lowest BCUT2D eigenvalue weighted by molar-refractivity contribution is 0.604. The Kier molecular flexibility index (Phi) is 4.20. The smallest absolute Gasteiger partial charge is 0.142 e. The lowest BCUT2D eigenvalue weighted by Crippen LogP contribution is -2.29. The first-order valence-electron chi connectivity index (χ1n) is 6.01. The average Bonchev–Trinajstić information content (AvgIpc) is 2.37. The average molecular weight is 279 g/mol. The summed E-state index contributed by atoms with van der Waals surface area (Å²) in [5.74, 6) is 5.19. The van der Waals surface area contributed by atoms with E-state index in [2.05, 4.69) is 11.5 Å². The molecule has 0 aliphatic rings. The molecule has 0 aliphatic heterocycles. The first-order chi connectivity index (χ1) is 9.04. The lowest BCUT2D eigenvalue weighted by Gasteiger charge is -2.20. The molecule has 1 atom stereocenters. The zero-order valence-electron chi connectivity index (χ0n) is 10.9. The summed E-state index contributed by atoms with van der Waals surface area (Å²) in [4.78, 5) is 0. The van der Waals surface area contributed by atoms with Crippen LogP contribution >= 0.6 is 11.6 Å². The molecule has 3 N–H and O–H groups in total. The summed E-state index contributed by atoms with van der Waals surface area (Å²) in [6, 6.07) is 10.5. The molecule has 0 radical (unpaired) electrons. The van der Waals surface area contributed by atoms with E-state index in [-0.39, 0.29) is 11.1 Å². The number of nitrogens with two attached hydrogens (primary N) is 1. The number of hydrogen-bond donors (Lipinski definition) is 2. The Morgan fingerprint density at radius 3 is 2.53 bits per heavy atom. The van der Waals surface area contributed by atoms with E-state index in [0.717, 1.165) is 11.1 Å². The first-order valence-corrected chi connectivity index (χ1v) is 6.39. The van der Waals surface area contributed by atoms with Gasteiger partial charge in [0.25, 0.3) is 0 Å². The van der Waals surface area contributed by atoms with Crippen molar-refractivity contribution in [1.29, 1.82) is 0 Å². The van der Waals surface area contributed by atoms with Gasteiger partial charge in [0, 0.05) is 0 Å². The van der Waals surface area contributed by atoms with Gasteiger partial charge in [-0.1, -0.05) is 47.5 Å². The van der Waals surface area contributed by atoms with Crippen LogP contribution in [0.25, 0.3) is 0 Å². The maximum atomic E-state index is 13.6. The van der Waals surface area contributed by atoms with Crippen molar-refractivity contribution >= 4 is 11.6 Å². The molecule has 0 bridgehead atoms. The summed E-state index contributed by atoms with van der Waals surface area (Å²) in [6.07, 6.45) is 0. The van der Waals surface area contributed by atoms with E-state index in [1.807, 2.05) is 26.0 Å². The third kappa shape index (κ3) is 2.78. The molecule has 0 aliphatic carbocycles. The van der Waals surface area contributed by atoms with Crippen LogP contribution in [0.4, 0.5) is 4.39 Å². The van der Waals surface area contributed by atoms with Crippen molar-refractivity contribution in [2.75, 3.05) is 0 Å². The van der Waals surface area contributed by atoms with Crippen LogP contribution in [0.2, 0.25) is 5.02 Å². The molecule has 1 unspecified atom stereocenters. The summed E-state index contributed by atoms with van der Waals surface area (Å²) >= 11 is 6.03. The van der Waals surface area contributed by atoms with Crippen molar-refractivity contribution in [3.8, 4) is 0 Å². The fraction of sp³-hybridized carbons (Fsp3) is 0.200. The molecule has 2 rings (SSSR count).